The average Bonchev–Trinajstić information content (AvgIpc) is 2.80. The number of benzene rings is 1. The van der Waals surface area contributed by atoms with Crippen LogP contribution in [-0.2, 0) is 22.9 Å². The van der Waals surface area contributed by atoms with E-state index in [1.54, 1.807) is 0 Å². The van der Waals surface area contributed by atoms with Gasteiger partial charge in [-0.25, -0.2) is 13.1 Å². The van der Waals surface area contributed by atoms with Crippen LogP contribution in [0.1, 0.15) is 36.1 Å². The van der Waals surface area contributed by atoms with Crippen molar-refractivity contribution in [2.24, 2.45) is 0 Å². The first-order valence-corrected chi connectivity index (χ1v) is 8.64. The third-order valence-electron chi connectivity index (χ3n) is 3.56. The van der Waals surface area contributed by atoms with Gasteiger partial charge in [0.05, 0.1) is 6.26 Å². The van der Waals surface area contributed by atoms with Gasteiger partial charge in [0.25, 0.3) is 0 Å². The molecule has 2 rings (SSSR count). The molecule has 0 saturated heterocycles. The van der Waals surface area contributed by atoms with Gasteiger partial charge in [-0.15, -0.1) is 0 Å². The van der Waals surface area contributed by atoms with Crippen molar-refractivity contribution in [3.63, 3.8) is 0 Å². The van der Waals surface area contributed by atoms with E-state index in [0.29, 0.717) is 13.1 Å². The van der Waals surface area contributed by atoms with Gasteiger partial charge < -0.3 is 5.32 Å². The van der Waals surface area contributed by atoms with Crippen LogP contribution in [0.4, 0.5) is 0 Å². The maximum Gasteiger partial charge on any atom is 0.208 e. The first-order valence-electron chi connectivity index (χ1n) is 6.75. The highest BCUT2D eigenvalue weighted by Crippen LogP contribution is 2.25. The minimum atomic E-state index is -3.08. The van der Waals surface area contributed by atoms with Crippen molar-refractivity contribution < 1.29 is 8.42 Å². The second-order valence-corrected chi connectivity index (χ2v) is 7.06. The Kier molecular flexibility index (Phi) is 4.60. The monoisotopic (exact) mass is 282 g/mol. The second kappa shape index (κ2) is 6.03. The molecule has 106 valence electrons. The van der Waals surface area contributed by atoms with Gasteiger partial charge in [0.2, 0.25) is 10.0 Å². The Bertz CT molecular complexity index is 540. The lowest BCUT2D eigenvalue weighted by atomic mass is 10.0. The number of aryl methyl sites for hydroxylation is 2. The number of hydrogen-bond donors (Lipinski definition) is 2. The van der Waals surface area contributed by atoms with E-state index in [1.807, 2.05) is 0 Å². The van der Waals surface area contributed by atoms with E-state index in [4.69, 9.17) is 0 Å². The van der Waals surface area contributed by atoms with E-state index in [1.165, 1.54) is 42.2 Å². The molecule has 1 aromatic rings. The van der Waals surface area contributed by atoms with Crippen LogP contribution < -0.4 is 10.0 Å². The molecule has 0 heterocycles. The highest BCUT2D eigenvalue weighted by atomic mass is 32.2. The quantitative estimate of drug-likeness (QED) is 0.775. The molecule has 1 aliphatic carbocycles. The first-order chi connectivity index (χ1) is 8.96. The number of fused-ring (bicyclic) bond motifs is 1. The Morgan fingerprint density at radius 3 is 2.68 bits per heavy atom. The van der Waals surface area contributed by atoms with Gasteiger partial charge in [-0.1, -0.05) is 18.2 Å². The molecule has 0 spiro atoms. The summed E-state index contributed by atoms with van der Waals surface area (Å²) in [6.45, 7) is 3.16. The Morgan fingerprint density at radius 2 is 1.95 bits per heavy atom. The summed E-state index contributed by atoms with van der Waals surface area (Å²) in [4.78, 5) is 0. The number of rotatable bonds is 6. The van der Waals surface area contributed by atoms with Crippen molar-refractivity contribution in [2.75, 3.05) is 19.3 Å². The average molecular weight is 282 g/mol. The summed E-state index contributed by atoms with van der Waals surface area (Å²) in [6, 6.07) is 6.92. The van der Waals surface area contributed by atoms with Crippen LogP contribution in [0.2, 0.25) is 0 Å². The van der Waals surface area contributed by atoms with Crippen LogP contribution in [0.5, 0.6) is 0 Å². The molecule has 19 heavy (non-hydrogen) atoms. The molecule has 0 aromatic heterocycles. The molecule has 2 N–H and O–H groups in total. The SMILES string of the molecule is CC(NCCNS(C)(=O)=O)c1ccc2c(c1)CCC2. The van der Waals surface area contributed by atoms with Gasteiger partial charge in [-0.05, 0) is 42.9 Å². The zero-order valence-corrected chi connectivity index (χ0v) is 12.4. The Balaban J connectivity index is 1.85. The van der Waals surface area contributed by atoms with Gasteiger partial charge in [0.15, 0.2) is 0 Å². The van der Waals surface area contributed by atoms with Crippen molar-refractivity contribution in [3.8, 4) is 0 Å². The van der Waals surface area contributed by atoms with E-state index < -0.39 is 10.0 Å². The molecule has 1 unspecified atom stereocenters. The molecule has 0 aliphatic heterocycles. The predicted octanol–water partition coefficient (Wildman–Crippen LogP) is 1.38. The number of nitrogens with one attached hydrogen (secondary N) is 2. The maximum atomic E-state index is 10.9. The van der Waals surface area contributed by atoms with Gasteiger partial charge in [0, 0.05) is 19.1 Å². The summed E-state index contributed by atoms with van der Waals surface area (Å²) >= 11 is 0. The molecule has 0 radical (unpaired) electrons. The van der Waals surface area contributed by atoms with E-state index in [-0.39, 0.29) is 6.04 Å². The molecule has 4 nitrogen and oxygen atoms in total. The summed E-state index contributed by atoms with van der Waals surface area (Å²) in [6.07, 6.45) is 4.83. The molecule has 0 fully saturated rings. The van der Waals surface area contributed by atoms with Gasteiger partial charge in [-0.2, -0.15) is 0 Å². The van der Waals surface area contributed by atoms with Crippen LogP contribution in [-0.4, -0.2) is 27.8 Å². The lowest BCUT2D eigenvalue weighted by molar-refractivity contribution is 0.556. The smallest absolute Gasteiger partial charge is 0.208 e. The maximum absolute atomic E-state index is 10.9. The first kappa shape index (κ1) is 14.5. The molecule has 5 heteroatoms. The van der Waals surface area contributed by atoms with Crippen molar-refractivity contribution in [2.45, 2.75) is 32.2 Å². The number of sulfonamides is 1. The molecule has 0 amide bonds. The summed E-state index contributed by atoms with van der Waals surface area (Å²) in [5.74, 6) is 0. The Labute approximate surface area is 115 Å². The third kappa shape index (κ3) is 4.30. The highest BCUT2D eigenvalue weighted by Gasteiger charge is 2.13. The third-order valence-corrected chi connectivity index (χ3v) is 4.29. The lowest BCUT2D eigenvalue weighted by Gasteiger charge is -2.15. The molecule has 1 atom stereocenters. The highest BCUT2D eigenvalue weighted by molar-refractivity contribution is 7.88. The fourth-order valence-electron chi connectivity index (χ4n) is 2.50. The topological polar surface area (TPSA) is 58.2 Å². The van der Waals surface area contributed by atoms with Crippen molar-refractivity contribution in [3.05, 3.63) is 34.9 Å². The zero-order chi connectivity index (χ0) is 13.9. The van der Waals surface area contributed by atoms with E-state index in [2.05, 4.69) is 35.2 Å². The molecule has 0 bridgehead atoms. The summed E-state index contributed by atoms with van der Waals surface area (Å²) in [5.41, 5.74) is 4.23. The molecular weight excluding hydrogens is 260 g/mol. The fourth-order valence-corrected chi connectivity index (χ4v) is 2.98. The zero-order valence-electron chi connectivity index (χ0n) is 11.6. The van der Waals surface area contributed by atoms with Crippen molar-refractivity contribution in [1.29, 1.82) is 0 Å². The van der Waals surface area contributed by atoms with Crippen LogP contribution >= 0.6 is 0 Å². The summed E-state index contributed by atoms with van der Waals surface area (Å²) in [5, 5.41) is 3.34. The standard InChI is InChI=1S/C14H22N2O2S/c1-11(15-8-9-16-19(2,17)18)13-7-6-12-4-3-5-14(12)10-13/h6-7,10-11,15-16H,3-5,8-9H2,1-2H3. The van der Waals surface area contributed by atoms with Crippen molar-refractivity contribution in [1.82, 2.24) is 10.0 Å². The summed E-state index contributed by atoms with van der Waals surface area (Å²) in [7, 11) is -3.08. The van der Waals surface area contributed by atoms with Crippen LogP contribution in [0.15, 0.2) is 18.2 Å². The van der Waals surface area contributed by atoms with Crippen molar-refractivity contribution >= 4 is 10.0 Å². The van der Waals surface area contributed by atoms with E-state index >= 15 is 0 Å². The predicted molar refractivity (Wildman–Crippen MR) is 77.7 cm³/mol. The second-order valence-electron chi connectivity index (χ2n) is 5.22. The Hall–Kier alpha value is -0.910. The molecule has 0 saturated carbocycles. The van der Waals surface area contributed by atoms with Crippen LogP contribution in [0, 0.1) is 0 Å². The van der Waals surface area contributed by atoms with Crippen LogP contribution in [0.25, 0.3) is 0 Å². The minimum Gasteiger partial charge on any atom is -0.309 e. The Morgan fingerprint density at radius 1 is 1.21 bits per heavy atom. The van der Waals surface area contributed by atoms with Gasteiger partial charge in [-0.3, -0.25) is 0 Å². The molecule has 1 aromatic carbocycles. The minimum absolute atomic E-state index is 0.243. The van der Waals surface area contributed by atoms with Gasteiger partial charge >= 0.3 is 0 Å². The van der Waals surface area contributed by atoms with Crippen LogP contribution in [0.3, 0.4) is 0 Å². The van der Waals surface area contributed by atoms with E-state index in [9.17, 15) is 8.42 Å². The largest absolute Gasteiger partial charge is 0.309 e. The van der Waals surface area contributed by atoms with Gasteiger partial charge in [0.1, 0.15) is 0 Å². The lowest BCUT2D eigenvalue weighted by Crippen LogP contribution is -2.32. The normalized spacial score (nSPS) is 16.3. The van der Waals surface area contributed by atoms with E-state index in [0.717, 1.165) is 0 Å². The number of hydrogen-bond acceptors (Lipinski definition) is 3. The molecule has 1 aliphatic rings. The fraction of sp³-hybridized carbons (Fsp3) is 0.571. The molecular formula is C14H22N2O2S. The summed E-state index contributed by atoms with van der Waals surface area (Å²) < 4.78 is 24.3.